The van der Waals surface area contributed by atoms with Crippen molar-refractivity contribution in [2.75, 3.05) is 19.7 Å². The minimum Gasteiger partial charge on any atom is -0.481 e. The van der Waals surface area contributed by atoms with Crippen LogP contribution in [0.5, 0.6) is 0 Å². The molecule has 4 heterocycles. The highest BCUT2D eigenvalue weighted by Gasteiger charge is 2.30. The van der Waals surface area contributed by atoms with Crippen molar-refractivity contribution >= 4 is 57.9 Å². The van der Waals surface area contributed by atoms with Crippen LogP contribution < -0.4 is 5.48 Å². The van der Waals surface area contributed by atoms with Gasteiger partial charge >= 0.3 is 24.0 Å². The maximum absolute atomic E-state index is 13.5. The molecule has 2 aliphatic heterocycles. The monoisotopic (exact) mass is 1240 g/mol. The number of amides is 3. The molecule has 0 saturated heterocycles. The molecule has 0 bridgehead atoms. The first-order valence-electron chi connectivity index (χ1n) is 30.9. The maximum atomic E-state index is 13.5. The lowest BCUT2D eigenvalue weighted by atomic mass is 9.83. The number of nitrogens with zero attached hydrogens (tertiary/aromatic N) is 8. The van der Waals surface area contributed by atoms with Crippen LogP contribution in [0.25, 0.3) is 22.1 Å². The van der Waals surface area contributed by atoms with Crippen LogP contribution in [0.15, 0.2) is 97.1 Å². The van der Waals surface area contributed by atoms with E-state index in [0.717, 1.165) is 103 Å². The zero-order valence-corrected chi connectivity index (χ0v) is 54.8. The number of esters is 1. The Morgan fingerprint density at radius 1 is 0.538 bits per heavy atom. The molecule has 20 heteroatoms. The van der Waals surface area contributed by atoms with Crippen LogP contribution >= 0.6 is 0 Å². The Hall–Kier alpha value is -9.30. The molecule has 0 aliphatic carbocycles. The summed E-state index contributed by atoms with van der Waals surface area (Å²) < 4.78 is 13.6. The second kappa shape index (κ2) is 28.7. The molecule has 0 fully saturated rings. The summed E-state index contributed by atoms with van der Waals surface area (Å²) in [6.07, 6.45) is 0.598. The molecule has 2 aliphatic rings. The molecule has 8 aromatic rings. The Bertz CT molecular complexity index is 4040. The van der Waals surface area contributed by atoms with Crippen molar-refractivity contribution < 1.29 is 53.3 Å². The highest BCUT2D eigenvalue weighted by Crippen LogP contribution is 2.38. The van der Waals surface area contributed by atoms with Gasteiger partial charge in [-0.3, -0.25) is 14.4 Å². The predicted octanol–water partition coefficient (Wildman–Crippen LogP) is 11.6. The first-order chi connectivity index (χ1) is 43.1. The van der Waals surface area contributed by atoms with Crippen LogP contribution in [-0.2, 0) is 67.7 Å². The molecule has 0 radical (unpaired) electrons. The number of nitrogens with one attached hydrogen (secondary N) is 1. The SMILES string of the molecule is CC(C)(C)OC(=O)CO.CCn1nnc2c(C)c([C@@H](CC(=O)O)c3ccc4c(c3)CN(C(=O)c3ccc(C)c(C)c3)CC4)ccc21.CCn1nnc2c(C)c([C@@H](CC(=O)ONC(=O)OC(C)(C)C)c3ccc4c(c3)CN(C(=O)c3ccc(C)c(C)c3)CC4)ccc21. The molecule has 0 unspecified atom stereocenters. The normalized spacial score (nSPS) is 13.6. The number of aryl methyl sites for hydroxylation is 8. The number of hydroxylamine groups is 1. The zero-order valence-electron chi connectivity index (χ0n) is 54.8. The summed E-state index contributed by atoms with van der Waals surface area (Å²) in [6, 6.07) is 32.1. The molecule has 20 nitrogen and oxygen atoms in total. The van der Waals surface area contributed by atoms with Gasteiger partial charge in [-0.15, -0.1) is 15.7 Å². The molecule has 2 atom stereocenters. The van der Waals surface area contributed by atoms with Crippen molar-refractivity contribution in [2.45, 2.75) is 172 Å². The summed E-state index contributed by atoms with van der Waals surface area (Å²) in [5.74, 6) is -2.76. The van der Waals surface area contributed by atoms with Gasteiger partial charge in [0.2, 0.25) is 0 Å². The first kappa shape index (κ1) is 67.6. The van der Waals surface area contributed by atoms with Crippen molar-refractivity contribution in [1.82, 2.24) is 45.3 Å². The lowest BCUT2D eigenvalue weighted by Crippen LogP contribution is -2.36. The van der Waals surface area contributed by atoms with Crippen molar-refractivity contribution in [1.29, 1.82) is 0 Å². The molecule has 3 N–H and O–H groups in total. The number of rotatable bonds is 13. The van der Waals surface area contributed by atoms with Crippen molar-refractivity contribution in [3.8, 4) is 0 Å². The molecule has 2 aromatic heterocycles. The van der Waals surface area contributed by atoms with Crippen molar-refractivity contribution in [3.63, 3.8) is 0 Å². The van der Waals surface area contributed by atoms with Crippen molar-refractivity contribution in [2.24, 2.45) is 0 Å². The molecule has 0 saturated carbocycles. The minimum atomic E-state index is -0.856. The highest BCUT2D eigenvalue weighted by atomic mass is 16.7. The number of fused-ring (bicyclic) bond motifs is 4. The van der Waals surface area contributed by atoms with Crippen LogP contribution in [0.4, 0.5) is 4.79 Å². The van der Waals surface area contributed by atoms with Crippen LogP contribution in [0.2, 0.25) is 0 Å². The summed E-state index contributed by atoms with van der Waals surface area (Å²) >= 11 is 0. The Kier molecular flexibility index (Phi) is 21.3. The smallest absolute Gasteiger partial charge is 0.441 e. The number of hydrogen-bond donors (Lipinski definition) is 3. The third-order valence-corrected chi connectivity index (χ3v) is 16.6. The van der Waals surface area contributed by atoms with Gasteiger partial charge in [0.25, 0.3) is 11.8 Å². The van der Waals surface area contributed by atoms with E-state index in [-0.39, 0.29) is 30.6 Å². The Morgan fingerprint density at radius 2 is 0.978 bits per heavy atom. The standard InChI is InChI=1S/C35H41N5O5.C30H32N4O3.C6H12O3/c1-8-40-30-14-13-28(23(4)32(30)36-38-40)29(19-31(41)45-37-34(43)44-35(5,6)7)25-12-11-24-15-16-39(20-27(24)18-25)33(42)26-10-9-21(2)22(3)17-26;1-5-34-27-11-10-25(20(4)29(27)31-32-34)26(16-28(35)36)22-9-8-21-12-13-33(17-24(21)15-22)30(37)23-7-6-18(2)19(3)14-23;1-6(2,3)9-5(8)4-7/h9-14,17-18,29H,8,15-16,19-20H2,1-7H3,(H,37,43);6-11,14-15,26H,5,12-13,16-17H2,1-4H3,(H,35,36);7H,4H2,1-3H3/t29-;26-;/m00./s1. The molecule has 0 spiro atoms. The predicted molar refractivity (Wildman–Crippen MR) is 346 cm³/mol. The summed E-state index contributed by atoms with van der Waals surface area (Å²) in [4.78, 5) is 83.3. The number of carbonyl (C=O) groups is 6. The van der Waals surface area contributed by atoms with Gasteiger partial charge in [0.1, 0.15) is 28.8 Å². The van der Waals surface area contributed by atoms with Gasteiger partial charge in [-0.2, -0.15) is 0 Å². The Balaban J connectivity index is 0.000000209. The van der Waals surface area contributed by atoms with E-state index in [2.05, 4.69) is 50.4 Å². The Labute approximate surface area is 531 Å². The van der Waals surface area contributed by atoms with Gasteiger partial charge in [0, 0.05) is 62.2 Å². The lowest BCUT2D eigenvalue weighted by Gasteiger charge is -2.30. The number of hydrogen-bond acceptors (Lipinski definition) is 14. The number of aliphatic hydroxyl groups excluding tert-OH is 1. The van der Waals surface area contributed by atoms with Gasteiger partial charge in [0.15, 0.2) is 0 Å². The van der Waals surface area contributed by atoms with E-state index in [0.29, 0.717) is 43.9 Å². The first-order valence-corrected chi connectivity index (χ1v) is 30.9. The average Bonchev–Trinajstić information content (AvgIpc) is 1.82. The van der Waals surface area contributed by atoms with E-state index in [1.165, 1.54) is 16.7 Å². The number of ether oxygens (including phenoxy) is 2. The summed E-state index contributed by atoms with van der Waals surface area (Å²) in [5, 5.41) is 35.3. The topological polar surface area (TPSA) is 250 Å². The number of aliphatic carboxylic acids is 1. The average molecular weight is 1240 g/mol. The maximum Gasteiger partial charge on any atom is 0.441 e. The number of carbonyl (C=O) groups excluding carboxylic acids is 5. The number of carboxylic acid groups (broad SMARTS) is 1. The van der Waals surface area contributed by atoms with Gasteiger partial charge < -0.3 is 34.3 Å². The third-order valence-electron chi connectivity index (χ3n) is 16.6. The molecule has 6 aromatic carbocycles. The lowest BCUT2D eigenvalue weighted by molar-refractivity contribution is -0.158. The summed E-state index contributed by atoms with van der Waals surface area (Å²) in [6.45, 7) is 29.7. The summed E-state index contributed by atoms with van der Waals surface area (Å²) in [7, 11) is 0. The highest BCUT2D eigenvalue weighted by molar-refractivity contribution is 5.95. The molecule has 3 amide bonds. The molecule has 480 valence electrons. The van der Waals surface area contributed by atoms with E-state index in [1.54, 1.807) is 41.5 Å². The fraction of sp³-hybridized carbons (Fsp3) is 0.408. The Morgan fingerprint density at radius 3 is 1.36 bits per heavy atom. The van der Waals surface area contributed by atoms with Crippen LogP contribution in [0.1, 0.15) is 179 Å². The number of aromatic nitrogens is 6. The summed E-state index contributed by atoms with van der Waals surface area (Å²) in [5.41, 5.74) is 20.3. The second-order valence-electron chi connectivity index (χ2n) is 25.4. The third kappa shape index (κ3) is 16.6. The number of aliphatic hydroxyl groups is 1. The molecular formula is C71H85N9O11. The van der Waals surface area contributed by atoms with Gasteiger partial charge in [-0.1, -0.05) is 71.1 Å². The number of carboxylic acids is 1. The van der Waals surface area contributed by atoms with Crippen LogP contribution in [0, 0.1) is 41.5 Å². The van der Waals surface area contributed by atoms with Crippen LogP contribution in [0.3, 0.4) is 0 Å². The van der Waals surface area contributed by atoms with Gasteiger partial charge in [-0.25, -0.2) is 23.7 Å². The number of benzene rings is 6. The fourth-order valence-electron chi connectivity index (χ4n) is 11.6. The largest absolute Gasteiger partial charge is 0.481 e. The molecular weight excluding hydrogens is 1150 g/mol. The molecule has 91 heavy (non-hydrogen) atoms. The minimum absolute atomic E-state index is 0.00260. The van der Waals surface area contributed by atoms with Crippen LogP contribution in [-0.4, -0.2) is 117 Å². The van der Waals surface area contributed by atoms with Gasteiger partial charge in [0.05, 0.1) is 23.9 Å². The second-order valence-corrected chi connectivity index (χ2v) is 25.4. The van der Waals surface area contributed by atoms with Crippen molar-refractivity contribution in [3.05, 3.63) is 186 Å². The fourth-order valence-corrected chi connectivity index (χ4v) is 11.6. The van der Waals surface area contributed by atoms with E-state index < -0.39 is 47.7 Å². The quantitative estimate of drug-likeness (QED) is 0.0551. The van der Waals surface area contributed by atoms with Gasteiger partial charge in [-0.05, 0) is 224 Å². The van der Waals surface area contributed by atoms with E-state index in [1.807, 2.05) is 147 Å². The molecule has 10 rings (SSSR count). The van der Waals surface area contributed by atoms with E-state index >= 15 is 0 Å². The zero-order chi connectivity index (χ0) is 66.2. The van der Waals surface area contributed by atoms with E-state index in [4.69, 9.17) is 19.4 Å². The van der Waals surface area contributed by atoms with E-state index in [9.17, 15) is 33.9 Å².